The molecular formula is C13H17BrN4. The Morgan fingerprint density at radius 1 is 1.33 bits per heavy atom. The average Bonchev–Trinajstić information content (AvgIpc) is 2.75. The van der Waals surface area contributed by atoms with E-state index in [1.165, 1.54) is 5.56 Å². The van der Waals surface area contributed by atoms with Crippen molar-refractivity contribution in [1.29, 1.82) is 0 Å². The SMILES string of the molecule is Cc1nc(NCCCc2cn[nH]c2C)ccc1Br. The van der Waals surface area contributed by atoms with Gasteiger partial charge in [-0.25, -0.2) is 4.98 Å². The molecule has 2 aromatic rings. The first-order valence-corrected chi connectivity index (χ1v) is 6.82. The van der Waals surface area contributed by atoms with Crippen LogP contribution in [0.3, 0.4) is 0 Å². The third kappa shape index (κ3) is 3.32. The predicted molar refractivity (Wildman–Crippen MR) is 76.8 cm³/mol. The van der Waals surface area contributed by atoms with E-state index in [9.17, 15) is 0 Å². The van der Waals surface area contributed by atoms with Crippen molar-refractivity contribution in [2.45, 2.75) is 26.7 Å². The van der Waals surface area contributed by atoms with Crippen molar-refractivity contribution in [2.75, 3.05) is 11.9 Å². The topological polar surface area (TPSA) is 53.6 Å². The van der Waals surface area contributed by atoms with Gasteiger partial charge in [0.2, 0.25) is 0 Å². The smallest absolute Gasteiger partial charge is 0.126 e. The van der Waals surface area contributed by atoms with Gasteiger partial charge in [0.25, 0.3) is 0 Å². The van der Waals surface area contributed by atoms with Gasteiger partial charge in [-0.15, -0.1) is 0 Å². The molecule has 4 nitrogen and oxygen atoms in total. The first kappa shape index (κ1) is 13.1. The van der Waals surface area contributed by atoms with Gasteiger partial charge in [-0.05, 0) is 60.3 Å². The molecule has 0 unspecified atom stereocenters. The number of nitrogens with zero attached hydrogens (tertiary/aromatic N) is 2. The summed E-state index contributed by atoms with van der Waals surface area (Å²) < 4.78 is 1.04. The molecule has 96 valence electrons. The fourth-order valence-corrected chi connectivity index (χ4v) is 1.99. The number of hydrogen-bond donors (Lipinski definition) is 2. The van der Waals surface area contributed by atoms with Gasteiger partial charge in [0, 0.05) is 16.7 Å². The molecule has 5 heteroatoms. The number of aromatic amines is 1. The first-order valence-electron chi connectivity index (χ1n) is 6.02. The summed E-state index contributed by atoms with van der Waals surface area (Å²) in [5.74, 6) is 0.930. The van der Waals surface area contributed by atoms with Gasteiger partial charge in [0.15, 0.2) is 0 Å². The van der Waals surface area contributed by atoms with Gasteiger partial charge < -0.3 is 5.32 Å². The molecule has 0 aliphatic rings. The third-order valence-corrected chi connectivity index (χ3v) is 3.72. The zero-order valence-electron chi connectivity index (χ0n) is 10.6. The fourth-order valence-electron chi connectivity index (χ4n) is 1.77. The molecule has 0 radical (unpaired) electrons. The monoisotopic (exact) mass is 308 g/mol. The van der Waals surface area contributed by atoms with Crippen LogP contribution in [-0.4, -0.2) is 21.7 Å². The Morgan fingerprint density at radius 2 is 2.17 bits per heavy atom. The van der Waals surface area contributed by atoms with Crippen LogP contribution >= 0.6 is 15.9 Å². The number of anilines is 1. The van der Waals surface area contributed by atoms with Crippen molar-refractivity contribution in [3.05, 3.63) is 39.8 Å². The molecule has 2 aromatic heterocycles. The van der Waals surface area contributed by atoms with Crippen LogP contribution in [-0.2, 0) is 6.42 Å². The van der Waals surface area contributed by atoms with Crippen LogP contribution in [0.15, 0.2) is 22.8 Å². The minimum atomic E-state index is 0.915. The minimum Gasteiger partial charge on any atom is -0.370 e. The second-order valence-electron chi connectivity index (χ2n) is 4.31. The molecule has 0 amide bonds. The third-order valence-electron chi connectivity index (χ3n) is 2.88. The van der Waals surface area contributed by atoms with E-state index in [-0.39, 0.29) is 0 Å². The van der Waals surface area contributed by atoms with Crippen molar-refractivity contribution in [3.63, 3.8) is 0 Å². The number of hydrogen-bond acceptors (Lipinski definition) is 3. The standard InChI is InChI=1S/C13H17BrN4/c1-9-11(8-16-18-9)4-3-7-15-13-6-5-12(14)10(2)17-13/h5-6,8H,3-4,7H2,1-2H3,(H,15,17)(H,16,18). The maximum Gasteiger partial charge on any atom is 0.126 e. The van der Waals surface area contributed by atoms with E-state index in [1.807, 2.05) is 25.3 Å². The summed E-state index contributed by atoms with van der Waals surface area (Å²) in [4.78, 5) is 4.45. The van der Waals surface area contributed by atoms with E-state index in [0.717, 1.165) is 41.1 Å². The van der Waals surface area contributed by atoms with Crippen LogP contribution in [0.2, 0.25) is 0 Å². The molecule has 0 aliphatic heterocycles. The van der Waals surface area contributed by atoms with E-state index >= 15 is 0 Å². The minimum absolute atomic E-state index is 0.915. The fraction of sp³-hybridized carbons (Fsp3) is 0.385. The molecule has 0 fully saturated rings. The Balaban J connectivity index is 1.78. The summed E-state index contributed by atoms with van der Waals surface area (Å²) >= 11 is 3.44. The molecular weight excluding hydrogens is 292 g/mol. The summed E-state index contributed by atoms with van der Waals surface area (Å²) in [5.41, 5.74) is 3.45. The molecule has 2 heterocycles. The van der Waals surface area contributed by atoms with Crippen LogP contribution in [0.5, 0.6) is 0 Å². The largest absolute Gasteiger partial charge is 0.370 e. The number of rotatable bonds is 5. The molecule has 0 bridgehead atoms. The van der Waals surface area contributed by atoms with Crippen molar-refractivity contribution in [1.82, 2.24) is 15.2 Å². The summed E-state index contributed by atoms with van der Waals surface area (Å²) in [6, 6.07) is 4.01. The van der Waals surface area contributed by atoms with Crippen LogP contribution in [0, 0.1) is 13.8 Å². The molecule has 0 spiro atoms. The van der Waals surface area contributed by atoms with Crippen LogP contribution in [0.1, 0.15) is 23.4 Å². The van der Waals surface area contributed by atoms with Crippen molar-refractivity contribution < 1.29 is 0 Å². The highest BCUT2D eigenvalue weighted by Gasteiger charge is 2.01. The lowest BCUT2D eigenvalue weighted by molar-refractivity contribution is 0.852. The van der Waals surface area contributed by atoms with Crippen molar-refractivity contribution in [2.24, 2.45) is 0 Å². The predicted octanol–water partition coefficient (Wildman–Crippen LogP) is 3.23. The maximum absolute atomic E-state index is 4.45. The van der Waals surface area contributed by atoms with E-state index in [2.05, 4.69) is 43.4 Å². The molecule has 2 rings (SSSR count). The zero-order chi connectivity index (χ0) is 13.0. The number of nitrogens with one attached hydrogen (secondary N) is 2. The van der Waals surface area contributed by atoms with Gasteiger partial charge in [-0.1, -0.05) is 0 Å². The first-order chi connectivity index (χ1) is 8.66. The van der Waals surface area contributed by atoms with Crippen LogP contribution < -0.4 is 5.32 Å². The number of halogens is 1. The van der Waals surface area contributed by atoms with Crippen LogP contribution in [0.25, 0.3) is 0 Å². The van der Waals surface area contributed by atoms with E-state index in [1.54, 1.807) is 0 Å². The van der Waals surface area contributed by atoms with Gasteiger partial charge in [0.1, 0.15) is 5.82 Å². The zero-order valence-corrected chi connectivity index (χ0v) is 12.2. The van der Waals surface area contributed by atoms with Gasteiger partial charge >= 0.3 is 0 Å². The lowest BCUT2D eigenvalue weighted by Crippen LogP contribution is -2.05. The quantitative estimate of drug-likeness (QED) is 0.834. The van der Waals surface area contributed by atoms with Crippen molar-refractivity contribution >= 4 is 21.7 Å². The number of aryl methyl sites for hydroxylation is 3. The molecule has 2 N–H and O–H groups in total. The van der Waals surface area contributed by atoms with Crippen LogP contribution in [0.4, 0.5) is 5.82 Å². The summed E-state index contributed by atoms with van der Waals surface area (Å²) in [6.07, 6.45) is 4.00. The molecule has 0 saturated carbocycles. The lowest BCUT2D eigenvalue weighted by Gasteiger charge is -2.06. The Hall–Kier alpha value is -1.36. The Morgan fingerprint density at radius 3 is 2.83 bits per heavy atom. The number of aromatic nitrogens is 3. The van der Waals surface area contributed by atoms with Gasteiger partial charge in [0.05, 0.1) is 11.9 Å². The maximum atomic E-state index is 4.45. The second kappa shape index (κ2) is 6.00. The molecule has 0 atom stereocenters. The molecule has 0 aliphatic carbocycles. The van der Waals surface area contributed by atoms with Crippen molar-refractivity contribution in [3.8, 4) is 0 Å². The average molecular weight is 309 g/mol. The second-order valence-corrected chi connectivity index (χ2v) is 5.17. The number of H-pyrrole nitrogens is 1. The summed E-state index contributed by atoms with van der Waals surface area (Å²) in [5, 5.41) is 10.3. The molecule has 0 aromatic carbocycles. The highest BCUT2D eigenvalue weighted by atomic mass is 79.9. The van der Waals surface area contributed by atoms with E-state index in [4.69, 9.17) is 0 Å². The highest BCUT2D eigenvalue weighted by Crippen LogP contribution is 2.16. The molecule has 0 saturated heterocycles. The lowest BCUT2D eigenvalue weighted by atomic mass is 10.1. The van der Waals surface area contributed by atoms with E-state index < -0.39 is 0 Å². The molecule has 18 heavy (non-hydrogen) atoms. The van der Waals surface area contributed by atoms with Gasteiger partial charge in [-0.3, -0.25) is 5.10 Å². The Bertz CT molecular complexity index is 521. The Labute approximate surface area is 115 Å². The summed E-state index contributed by atoms with van der Waals surface area (Å²) in [7, 11) is 0. The summed E-state index contributed by atoms with van der Waals surface area (Å²) in [6.45, 7) is 4.96. The van der Waals surface area contributed by atoms with Gasteiger partial charge in [-0.2, -0.15) is 5.10 Å². The highest BCUT2D eigenvalue weighted by molar-refractivity contribution is 9.10. The number of pyridine rings is 1. The normalized spacial score (nSPS) is 10.6. The Kier molecular flexibility index (Phi) is 4.36. The van der Waals surface area contributed by atoms with E-state index in [0.29, 0.717) is 0 Å².